The Morgan fingerprint density at radius 1 is 1.30 bits per heavy atom. The third-order valence-corrected chi connectivity index (χ3v) is 3.02. The van der Waals surface area contributed by atoms with Crippen LogP contribution < -0.4 is 9.64 Å². The number of benzene rings is 1. The number of ether oxygens (including phenoxy) is 1. The number of pyridine rings is 1. The highest BCUT2D eigenvalue weighted by molar-refractivity contribution is 5.46. The first-order chi connectivity index (χ1) is 9.63. The van der Waals surface area contributed by atoms with E-state index in [1.54, 1.807) is 7.11 Å². The largest absolute Gasteiger partial charge is 0.497 e. The van der Waals surface area contributed by atoms with Crippen LogP contribution in [0.4, 0.5) is 10.2 Å². The van der Waals surface area contributed by atoms with E-state index in [9.17, 15) is 9.50 Å². The van der Waals surface area contributed by atoms with E-state index in [0.717, 1.165) is 17.5 Å². The Kier molecular flexibility index (Phi) is 4.53. The van der Waals surface area contributed by atoms with Crippen molar-refractivity contribution in [2.45, 2.75) is 13.2 Å². The zero-order valence-corrected chi connectivity index (χ0v) is 11.5. The monoisotopic (exact) mass is 276 g/mol. The standard InChI is InChI=1S/C15H17FN2O2/c1-18(9-11-3-5-14(20-2)6-4-11)15-12(10-19)7-13(16)8-17-15/h3-8,19H,9-10H2,1-2H3. The molecule has 1 aromatic carbocycles. The number of nitrogens with zero attached hydrogens (tertiary/aromatic N) is 2. The van der Waals surface area contributed by atoms with E-state index in [0.29, 0.717) is 17.9 Å². The Balaban J connectivity index is 2.16. The third kappa shape index (κ3) is 3.24. The highest BCUT2D eigenvalue weighted by Gasteiger charge is 2.10. The van der Waals surface area contributed by atoms with Gasteiger partial charge in [0, 0.05) is 19.2 Å². The number of anilines is 1. The average Bonchev–Trinajstić information content (AvgIpc) is 2.47. The number of methoxy groups -OCH3 is 1. The van der Waals surface area contributed by atoms with Crippen LogP contribution >= 0.6 is 0 Å². The second-order valence-electron chi connectivity index (χ2n) is 4.50. The molecule has 106 valence electrons. The molecule has 5 heteroatoms. The smallest absolute Gasteiger partial charge is 0.142 e. The summed E-state index contributed by atoms with van der Waals surface area (Å²) in [6.45, 7) is 0.364. The minimum Gasteiger partial charge on any atom is -0.497 e. The van der Waals surface area contributed by atoms with Gasteiger partial charge in [-0.15, -0.1) is 0 Å². The zero-order chi connectivity index (χ0) is 14.5. The summed E-state index contributed by atoms with van der Waals surface area (Å²) in [5.74, 6) is 0.924. The number of halogens is 1. The fraction of sp³-hybridized carbons (Fsp3) is 0.267. The van der Waals surface area contributed by atoms with Crippen LogP contribution in [-0.4, -0.2) is 24.2 Å². The molecule has 1 heterocycles. The molecular formula is C15H17FN2O2. The van der Waals surface area contributed by atoms with Gasteiger partial charge in [-0.2, -0.15) is 0 Å². The first kappa shape index (κ1) is 14.3. The maximum absolute atomic E-state index is 13.1. The van der Waals surface area contributed by atoms with Gasteiger partial charge in [-0.3, -0.25) is 0 Å². The molecule has 4 nitrogen and oxygen atoms in total. The van der Waals surface area contributed by atoms with E-state index in [-0.39, 0.29) is 6.61 Å². The summed E-state index contributed by atoms with van der Waals surface area (Å²) in [5.41, 5.74) is 1.55. The van der Waals surface area contributed by atoms with Crippen molar-refractivity contribution in [1.82, 2.24) is 4.98 Å². The maximum atomic E-state index is 13.1. The number of hydrogen-bond donors (Lipinski definition) is 1. The van der Waals surface area contributed by atoms with E-state index in [1.807, 2.05) is 36.2 Å². The van der Waals surface area contributed by atoms with Crippen LogP contribution in [0.3, 0.4) is 0 Å². The molecule has 0 fully saturated rings. The number of hydrogen-bond acceptors (Lipinski definition) is 4. The van der Waals surface area contributed by atoms with Gasteiger partial charge >= 0.3 is 0 Å². The summed E-state index contributed by atoms with van der Waals surface area (Å²) >= 11 is 0. The van der Waals surface area contributed by atoms with Crippen LogP contribution in [0.25, 0.3) is 0 Å². The van der Waals surface area contributed by atoms with Gasteiger partial charge in [-0.05, 0) is 23.8 Å². The van der Waals surface area contributed by atoms with Crippen molar-refractivity contribution in [3.63, 3.8) is 0 Å². The predicted molar refractivity (Wildman–Crippen MR) is 75.2 cm³/mol. The summed E-state index contributed by atoms with van der Waals surface area (Å²) in [6, 6.07) is 8.98. The van der Waals surface area contributed by atoms with Gasteiger partial charge < -0.3 is 14.7 Å². The molecule has 0 spiro atoms. The average molecular weight is 276 g/mol. The lowest BCUT2D eigenvalue weighted by Gasteiger charge is -2.20. The van der Waals surface area contributed by atoms with Crippen molar-refractivity contribution in [3.05, 3.63) is 53.5 Å². The van der Waals surface area contributed by atoms with E-state index < -0.39 is 5.82 Å². The molecule has 0 saturated heterocycles. The predicted octanol–water partition coefficient (Wildman–Crippen LogP) is 2.36. The van der Waals surface area contributed by atoms with Crippen molar-refractivity contribution in [2.24, 2.45) is 0 Å². The summed E-state index contributed by atoms with van der Waals surface area (Å²) in [4.78, 5) is 5.91. The quantitative estimate of drug-likeness (QED) is 0.910. The Hall–Kier alpha value is -2.14. The van der Waals surface area contributed by atoms with Gasteiger partial charge in [0.15, 0.2) is 0 Å². The highest BCUT2D eigenvalue weighted by atomic mass is 19.1. The van der Waals surface area contributed by atoms with Gasteiger partial charge in [-0.1, -0.05) is 12.1 Å². The van der Waals surface area contributed by atoms with Crippen molar-refractivity contribution >= 4 is 5.82 Å². The number of aliphatic hydroxyl groups excluding tert-OH is 1. The van der Waals surface area contributed by atoms with E-state index in [2.05, 4.69) is 4.98 Å². The van der Waals surface area contributed by atoms with Crippen molar-refractivity contribution < 1.29 is 14.2 Å². The molecule has 0 bridgehead atoms. The SMILES string of the molecule is COc1ccc(CN(C)c2ncc(F)cc2CO)cc1. The molecule has 2 rings (SSSR count). The summed E-state index contributed by atoms with van der Waals surface area (Å²) in [5, 5.41) is 9.28. The molecule has 0 saturated carbocycles. The highest BCUT2D eigenvalue weighted by Crippen LogP contribution is 2.20. The Morgan fingerprint density at radius 3 is 2.60 bits per heavy atom. The molecule has 1 aromatic heterocycles. The van der Waals surface area contributed by atoms with E-state index >= 15 is 0 Å². The summed E-state index contributed by atoms with van der Waals surface area (Å²) in [6.07, 6.45) is 1.15. The molecule has 0 aliphatic heterocycles. The molecule has 0 aliphatic carbocycles. The number of aromatic nitrogens is 1. The second-order valence-corrected chi connectivity index (χ2v) is 4.50. The van der Waals surface area contributed by atoms with Gasteiger partial charge in [0.25, 0.3) is 0 Å². The molecule has 0 radical (unpaired) electrons. The van der Waals surface area contributed by atoms with Crippen LogP contribution in [0.2, 0.25) is 0 Å². The van der Waals surface area contributed by atoms with Gasteiger partial charge in [0.05, 0.1) is 19.9 Å². The first-order valence-corrected chi connectivity index (χ1v) is 6.23. The molecule has 0 atom stereocenters. The van der Waals surface area contributed by atoms with Crippen molar-refractivity contribution in [1.29, 1.82) is 0 Å². The van der Waals surface area contributed by atoms with Gasteiger partial charge in [0.2, 0.25) is 0 Å². The fourth-order valence-corrected chi connectivity index (χ4v) is 2.01. The topological polar surface area (TPSA) is 45.6 Å². The number of aliphatic hydroxyl groups is 1. The molecule has 0 aliphatic rings. The lowest BCUT2D eigenvalue weighted by molar-refractivity contribution is 0.281. The second kappa shape index (κ2) is 6.34. The maximum Gasteiger partial charge on any atom is 0.142 e. The van der Waals surface area contributed by atoms with Crippen LogP contribution in [0.5, 0.6) is 5.75 Å². The lowest BCUT2D eigenvalue weighted by Crippen LogP contribution is -2.19. The Bertz CT molecular complexity index is 573. The van der Waals surface area contributed by atoms with Crippen LogP contribution in [0.15, 0.2) is 36.5 Å². The minimum atomic E-state index is -0.448. The zero-order valence-electron chi connectivity index (χ0n) is 11.5. The first-order valence-electron chi connectivity index (χ1n) is 6.23. The minimum absolute atomic E-state index is 0.243. The summed E-state index contributed by atoms with van der Waals surface area (Å²) < 4.78 is 18.2. The van der Waals surface area contributed by atoms with Gasteiger partial charge in [-0.25, -0.2) is 9.37 Å². The van der Waals surface area contributed by atoms with Crippen LogP contribution in [-0.2, 0) is 13.2 Å². The fourth-order valence-electron chi connectivity index (χ4n) is 2.01. The Labute approximate surface area is 117 Å². The molecule has 1 N–H and O–H groups in total. The molecule has 0 amide bonds. The van der Waals surface area contributed by atoms with Crippen LogP contribution in [0, 0.1) is 5.82 Å². The lowest BCUT2D eigenvalue weighted by atomic mass is 10.2. The van der Waals surface area contributed by atoms with Crippen molar-refractivity contribution in [2.75, 3.05) is 19.1 Å². The van der Waals surface area contributed by atoms with E-state index in [4.69, 9.17) is 4.74 Å². The third-order valence-electron chi connectivity index (χ3n) is 3.02. The summed E-state index contributed by atoms with van der Waals surface area (Å²) in [7, 11) is 3.47. The van der Waals surface area contributed by atoms with Gasteiger partial charge in [0.1, 0.15) is 17.4 Å². The Morgan fingerprint density at radius 2 is 2.00 bits per heavy atom. The number of rotatable bonds is 5. The van der Waals surface area contributed by atoms with Crippen LogP contribution in [0.1, 0.15) is 11.1 Å². The molecular weight excluding hydrogens is 259 g/mol. The molecule has 2 aromatic rings. The normalized spacial score (nSPS) is 10.4. The van der Waals surface area contributed by atoms with E-state index in [1.165, 1.54) is 6.07 Å². The molecule has 0 unspecified atom stereocenters. The van der Waals surface area contributed by atoms with Crippen molar-refractivity contribution in [3.8, 4) is 5.75 Å². The molecule has 20 heavy (non-hydrogen) atoms.